The molecule has 0 spiro atoms. The fraction of sp³-hybridized carbons (Fsp3) is 0.471. The van der Waals surface area contributed by atoms with Gasteiger partial charge in [0.1, 0.15) is 0 Å². The van der Waals surface area contributed by atoms with Gasteiger partial charge >= 0.3 is 5.97 Å². The highest BCUT2D eigenvalue weighted by Gasteiger charge is 2.23. The Morgan fingerprint density at radius 2 is 1.75 bits per heavy atom. The van der Waals surface area contributed by atoms with Crippen molar-refractivity contribution < 1.29 is 14.3 Å². The second kappa shape index (κ2) is 7.85. The molecular weight excluding hydrogens is 252 g/mol. The predicted molar refractivity (Wildman–Crippen MR) is 78.1 cm³/mol. The summed E-state index contributed by atoms with van der Waals surface area (Å²) in [4.78, 5) is 10.9. The van der Waals surface area contributed by atoms with Crippen LogP contribution in [0.4, 0.5) is 0 Å². The van der Waals surface area contributed by atoms with Crippen LogP contribution in [0.25, 0.3) is 0 Å². The molecule has 1 aromatic carbocycles. The van der Waals surface area contributed by atoms with Crippen molar-refractivity contribution in [3.05, 3.63) is 48.0 Å². The Labute approximate surface area is 120 Å². The predicted octanol–water partition coefficient (Wildman–Crippen LogP) is 3.35. The van der Waals surface area contributed by atoms with Crippen LogP contribution in [0.5, 0.6) is 0 Å². The summed E-state index contributed by atoms with van der Waals surface area (Å²) in [6.07, 6.45) is 6.33. The fourth-order valence-corrected chi connectivity index (χ4v) is 2.46. The van der Waals surface area contributed by atoms with Gasteiger partial charge in [0.2, 0.25) is 0 Å². The van der Waals surface area contributed by atoms with Gasteiger partial charge in [-0.2, -0.15) is 0 Å². The molecule has 20 heavy (non-hydrogen) atoms. The van der Waals surface area contributed by atoms with Gasteiger partial charge in [-0.15, -0.1) is 0 Å². The molecule has 0 aliphatic heterocycles. The number of allylic oxidation sites excluding steroid dienone is 2. The Morgan fingerprint density at radius 3 is 2.40 bits per heavy atom. The number of rotatable bonds is 6. The van der Waals surface area contributed by atoms with Crippen molar-refractivity contribution in [2.45, 2.75) is 26.4 Å². The van der Waals surface area contributed by atoms with E-state index in [9.17, 15) is 4.79 Å². The largest absolute Gasteiger partial charge is 0.466 e. The minimum atomic E-state index is -0.205. The summed E-state index contributed by atoms with van der Waals surface area (Å²) in [5.74, 6) is 0.603. The van der Waals surface area contributed by atoms with Crippen molar-refractivity contribution in [2.75, 3.05) is 13.2 Å². The number of hydrogen-bond acceptors (Lipinski definition) is 3. The number of ether oxygens (including phenoxy) is 2. The Hall–Kier alpha value is -1.61. The van der Waals surface area contributed by atoms with Crippen molar-refractivity contribution in [3.8, 4) is 0 Å². The minimum Gasteiger partial charge on any atom is -0.466 e. The summed E-state index contributed by atoms with van der Waals surface area (Å²) in [5, 5.41) is 0. The molecule has 0 radical (unpaired) electrons. The first-order valence-electron chi connectivity index (χ1n) is 7.15. The Morgan fingerprint density at radius 1 is 1.10 bits per heavy atom. The van der Waals surface area contributed by atoms with Gasteiger partial charge in [-0.3, -0.25) is 4.79 Å². The van der Waals surface area contributed by atoms with Gasteiger partial charge in [-0.05, 0) is 24.3 Å². The van der Waals surface area contributed by atoms with Crippen LogP contribution in [0.2, 0.25) is 0 Å². The molecule has 0 N–H and O–H groups in total. The number of benzene rings is 1. The molecule has 108 valence electrons. The summed E-state index contributed by atoms with van der Waals surface area (Å²) in [7, 11) is 0. The third-order valence-electron chi connectivity index (χ3n) is 3.66. The lowest BCUT2D eigenvalue weighted by molar-refractivity contribution is -0.143. The molecule has 2 atom stereocenters. The van der Waals surface area contributed by atoms with E-state index < -0.39 is 0 Å². The van der Waals surface area contributed by atoms with E-state index in [0.717, 1.165) is 12.8 Å². The molecule has 0 unspecified atom stereocenters. The van der Waals surface area contributed by atoms with Crippen molar-refractivity contribution in [2.24, 2.45) is 11.8 Å². The van der Waals surface area contributed by atoms with E-state index in [-0.39, 0.29) is 5.97 Å². The van der Waals surface area contributed by atoms with Crippen LogP contribution < -0.4 is 0 Å². The summed E-state index contributed by atoms with van der Waals surface area (Å²) >= 11 is 0. The lowest BCUT2D eigenvalue weighted by Crippen LogP contribution is -2.26. The van der Waals surface area contributed by atoms with E-state index in [1.165, 1.54) is 12.5 Å². The third-order valence-corrected chi connectivity index (χ3v) is 3.66. The molecule has 0 bridgehead atoms. The highest BCUT2D eigenvalue weighted by atomic mass is 16.5. The maximum absolute atomic E-state index is 10.9. The lowest BCUT2D eigenvalue weighted by atomic mass is 9.84. The second-order valence-corrected chi connectivity index (χ2v) is 5.27. The van der Waals surface area contributed by atoms with E-state index in [1.54, 1.807) is 0 Å². The zero-order valence-electron chi connectivity index (χ0n) is 12.0. The first kappa shape index (κ1) is 14.8. The van der Waals surface area contributed by atoms with Crippen molar-refractivity contribution in [1.29, 1.82) is 0 Å². The number of esters is 1. The molecule has 3 heteroatoms. The van der Waals surface area contributed by atoms with Gasteiger partial charge in [0.05, 0.1) is 19.8 Å². The first-order valence-corrected chi connectivity index (χ1v) is 7.15. The van der Waals surface area contributed by atoms with Crippen molar-refractivity contribution in [1.82, 2.24) is 0 Å². The Kier molecular flexibility index (Phi) is 5.81. The van der Waals surface area contributed by atoms with Gasteiger partial charge in [0.25, 0.3) is 0 Å². The van der Waals surface area contributed by atoms with Gasteiger partial charge < -0.3 is 9.47 Å². The normalized spacial score (nSPS) is 21.6. The highest BCUT2D eigenvalue weighted by Crippen LogP contribution is 2.26. The molecule has 1 aliphatic rings. The van der Waals surface area contributed by atoms with Gasteiger partial charge in [-0.1, -0.05) is 42.5 Å². The molecule has 2 rings (SSSR count). The standard InChI is InChI=1S/C17H22O3/c1-14(18)20-13-17-10-6-5-9-16(17)12-19-11-15-7-3-2-4-8-15/h2-8,16-17H,9-13H2,1H3/t16-,17+/m1/s1. The third kappa shape index (κ3) is 4.82. The lowest BCUT2D eigenvalue weighted by Gasteiger charge is -2.27. The van der Waals surface area contributed by atoms with Crippen molar-refractivity contribution >= 4 is 5.97 Å². The Bertz CT molecular complexity index is 439. The van der Waals surface area contributed by atoms with Crippen molar-refractivity contribution in [3.63, 3.8) is 0 Å². The summed E-state index contributed by atoms with van der Waals surface area (Å²) in [5.41, 5.74) is 1.19. The summed E-state index contributed by atoms with van der Waals surface area (Å²) in [6, 6.07) is 10.2. The van der Waals surface area contributed by atoms with E-state index in [2.05, 4.69) is 24.3 Å². The van der Waals surface area contributed by atoms with E-state index in [1.807, 2.05) is 18.2 Å². The minimum absolute atomic E-state index is 0.205. The zero-order chi connectivity index (χ0) is 14.2. The average molecular weight is 274 g/mol. The zero-order valence-corrected chi connectivity index (χ0v) is 12.0. The molecular formula is C17H22O3. The fourth-order valence-electron chi connectivity index (χ4n) is 2.46. The monoisotopic (exact) mass is 274 g/mol. The van der Waals surface area contributed by atoms with E-state index in [0.29, 0.717) is 31.7 Å². The van der Waals surface area contributed by atoms with Crippen LogP contribution in [0.15, 0.2) is 42.5 Å². The molecule has 0 amide bonds. The maximum Gasteiger partial charge on any atom is 0.302 e. The van der Waals surface area contributed by atoms with Crippen LogP contribution in [0, 0.1) is 11.8 Å². The van der Waals surface area contributed by atoms with Gasteiger partial charge in [0.15, 0.2) is 0 Å². The molecule has 3 nitrogen and oxygen atoms in total. The number of carbonyl (C=O) groups is 1. The molecule has 1 aliphatic carbocycles. The number of hydrogen-bond donors (Lipinski definition) is 0. The quantitative estimate of drug-likeness (QED) is 0.589. The van der Waals surface area contributed by atoms with Crippen LogP contribution in [-0.2, 0) is 20.9 Å². The van der Waals surface area contributed by atoms with Crippen LogP contribution in [0.3, 0.4) is 0 Å². The van der Waals surface area contributed by atoms with Crippen LogP contribution in [-0.4, -0.2) is 19.2 Å². The van der Waals surface area contributed by atoms with E-state index >= 15 is 0 Å². The summed E-state index contributed by atoms with van der Waals surface area (Å²) in [6.45, 7) is 3.31. The molecule has 0 fully saturated rings. The molecule has 0 saturated carbocycles. The summed E-state index contributed by atoms with van der Waals surface area (Å²) < 4.78 is 11.0. The van der Waals surface area contributed by atoms with E-state index in [4.69, 9.17) is 9.47 Å². The van der Waals surface area contributed by atoms with Crippen LogP contribution in [0.1, 0.15) is 25.3 Å². The highest BCUT2D eigenvalue weighted by molar-refractivity contribution is 5.65. The van der Waals surface area contributed by atoms with Gasteiger partial charge in [0, 0.05) is 12.8 Å². The molecule has 1 aromatic rings. The maximum atomic E-state index is 10.9. The van der Waals surface area contributed by atoms with Crippen LogP contribution >= 0.6 is 0 Å². The first-order chi connectivity index (χ1) is 9.75. The topological polar surface area (TPSA) is 35.5 Å². The smallest absolute Gasteiger partial charge is 0.302 e. The van der Waals surface area contributed by atoms with Gasteiger partial charge in [-0.25, -0.2) is 0 Å². The number of carbonyl (C=O) groups excluding carboxylic acids is 1. The average Bonchev–Trinajstić information content (AvgIpc) is 2.47. The second-order valence-electron chi connectivity index (χ2n) is 5.27. The molecule has 0 saturated heterocycles. The Balaban J connectivity index is 1.77. The molecule has 0 aromatic heterocycles. The molecule has 0 heterocycles. The SMILES string of the molecule is CC(=O)OC[C@@H]1CC=CC[C@@H]1COCc1ccccc1.